The molecule has 0 spiro atoms. The van der Waals surface area contributed by atoms with Gasteiger partial charge in [-0.1, -0.05) is 19.1 Å². The molecule has 0 bridgehead atoms. The lowest BCUT2D eigenvalue weighted by Crippen LogP contribution is -2.17. The third-order valence-corrected chi connectivity index (χ3v) is 2.60. The number of hydrogen-bond acceptors (Lipinski definition) is 3. The van der Waals surface area contributed by atoms with Gasteiger partial charge in [0.15, 0.2) is 0 Å². The van der Waals surface area contributed by atoms with Crippen molar-refractivity contribution in [1.82, 2.24) is 0 Å². The van der Waals surface area contributed by atoms with E-state index in [4.69, 9.17) is 0 Å². The summed E-state index contributed by atoms with van der Waals surface area (Å²) in [6.07, 6.45) is -3.72. The van der Waals surface area contributed by atoms with Crippen LogP contribution in [0.5, 0.6) is 5.75 Å². The molecule has 6 heteroatoms. The summed E-state index contributed by atoms with van der Waals surface area (Å²) in [6.45, 7) is 1.71. The second-order valence-electron chi connectivity index (χ2n) is 4.16. The van der Waals surface area contributed by atoms with Gasteiger partial charge in [0.25, 0.3) is 0 Å². The molecule has 0 aromatic heterocycles. The lowest BCUT2D eigenvalue weighted by atomic mass is 10.0. The van der Waals surface area contributed by atoms with E-state index >= 15 is 0 Å². The highest BCUT2D eigenvalue weighted by atomic mass is 19.4. The fraction of sp³-hybridized carbons (Fsp3) is 0.462. The molecule has 3 nitrogen and oxygen atoms in total. The van der Waals surface area contributed by atoms with E-state index in [0.717, 1.165) is 0 Å². The minimum Gasteiger partial charge on any atom is -0.469 e. The maximum atomic E-state index is 12.1. The molecule has 106 valence electrons. The number of carbonyl (C=O) groups excluding carboxylic acids is 1. The minimum absolute atomic E-state index is 0.254. The fourth-order valence-corrected chi connectivity index (χ4v) is 1.60. The van der Waals surface area contributed by atoms with Crippen LogP contribution in [0.4, 0.5) is 13.2 Å². The van der Waals surface area contributed by atoms with Crippen LogP contribution in [0.2, 0.25) is 0 Å². The van der Waals surface area contributed by atoms with E-state index in [1.165, 1.54) is 25.3 Å². The second-order valence-corrected chi connectivity index (χ2v) is 4.16. The van der Waals surface area contributed by atoms with Crippen molar-refractivity contribution in [2.75, 3.05) is 7.11 Å². The molecule has 0 radical (unpaired) electrons. The van der Waals surface area contributed by atoms with Gasteiger partial charge in [0, 0.05) is 0 Å². The zero-order valence-electron chi connectivity index (χ0n) is 10.7. The molecule has 0 N–H and O–H groups in total. The van der Waals surface area contributed by atoms with Crippen LogP contribution in [-0.4, -0.2) is 19.4 Å². The van der Waals surface area contributed by atoms with Crippen molar-refractivity contribution in [2.24, 2.45) is 5.92 Å². The Morgan fingerprint density at radius 3 is 2.63 bits per heavy atom. The number of ether oxygens (including phenoxy) is 2. The number of rotatable bonds is 5. The van der Waals surface area contributed by atoms with Gasteiger partial charge in [-0.25, -0.2) is 0 Å². The highest BCUT2D eigenvalue weighted by Gasteiger charge is 2.31. The first kappa shape index (κ1) is 15.3. The summed E-state index contributed by atoms with van der Waals surface area (Å²) in [5.74, 6) is -0.879. The third kappa shape index (κ3) is 5.63. The molecule has 0 heterocycles. The zero-order chi connectivity index (χ0) is 14.5. The van der Waals surface area contributed by atoms with Gasteiger partial charge in [-0.2, -0.15) is 0 Å². The topological polar surface area (TPSA) is 35.5 Å². The number of esters is 1. The Kier molecular flexibility index (Phi) is 5.20. The van der Waals surface area contributed by atoms with Gasteiger partial charge in [-0.15, -0.1) is 13.2 Å². The molecule has 1 aromatic carbocycles. The van der Waals surface area contributed by atoms with E-state index in [-0.39, 0.29) is 17.6 Å². The van der Waals surface area contributed by atoms with Gasteiger partial charge in [-0.05, 0) is 30.5 Å². The molecular formula is C13H15F3O3. The summed E-state index contributed by atoms with van der Waals surface area (Å²) >= 11 is 0. The molecule has 0 aliphatic carbocycles. The molecule has 0 aliphatic heterocycles. The molecule has 1 rings (SSSR count). The number of benzene rings is 1. The predicted octanol–water partition coefficient (Wildman–Crippen LogP) is 3.33. The Morgan fingerprint density at radius 2 is 2.05 bits per heavy atom. The van der Waals surface area contributed by atoms with E-state index < -0.39 is 6.36 Å². The smallest absolute Gasteiger partial charge is 0.469 e. The highest BCUT2D eigenvalue weighted by molar-refractivity contribution is 5.71. The van der Waals surface area contributed by atoms with Crippen molar-refractivity contribution in [1.29, 1.82) is 0 Å². The molecule has 1 atom stereocenters. The Morgan fingerprint density at radius 1 is 1.37 bits per heavy atom. The summed E-state index contributed by atoms with van der Waals surface area (Å²) in [4.78, 5) is 11.2. The first-order chi connectivity index (χ1) is 8.81. The minimum atomic E-state index is -4.70. The van der Waals surface area contributed by atoms with Crippen LogP contribution in [0.15, 0.2) is 24.3 Å². The van der Waals surface area contributed by atoms with Crippen molar-refractivity contribution in [2.45, 2.75) is 26.1 Å². The number of hydrogen-bond donors (Lipinski definition) is 0. The van der Waals surface area contributed by atoms with Gasteiger partial charge < -0.3 is 9.47 Å². The molecule has 0 fully saturated rings. The Labute approximate surface area is 109 Å². The van der Waals surface area contributed by atoms with Crippen molar-refractivity contribution >= 4 is 5.97 Å². The Bertz CT molecular complexity index is 429. The summed E-state index contributed by atoms with van der Waals surface area (Å²) in [5.41, 5.74) is 0.678. The number of carbonyl (C=O) groups is 1. The lowest BCUT2D eigenvalue weighted by Gasteiger charge is -2.11. The zero-order valence-corrected chi connectivity index (χ0v) is 10.7. The first-order valence-electron chi connectivity index (χ1n) is 5.74. The van der Waals surface area contributed by atoms with Crippen LogP contribution in [-0.2, 0) is 16.0 Å². The third-order valence-electron chi connectivity index (χ3n) is 2.60. The molecule has 0 saturated heterocycles. The molecule has 0 saturated carbocycles. The number of methoxy groups -OCH3 is 1. The largest absolute Gasteiger partial charge is 0.573 e. The van der Waals surface area contributed by atoms with Crippen LogP contribution in [0.25, 0.3) is 0 Å². The van der Waals surface area contributed by atoms with E-state index in [1.54, 1.807) is 13.0 Å². The fourth-order valence-electron chi connectivity index (χ4n) is 1.60. The van der Waals surface area contributed by atoms with E-state index in [1.807, 2.05) is 0 Å². The average Bonchev–Trinajstić information content (AvgIpc) is 2.33. The van der Waals surface area contributed by atoms with Gasteiger partial charge >= 0.3 is 12.3 Å². The summed E-state index contributed by atoms with van der Waals surface area (Å²) < 4.78 is 44.6. The lowest BCUT2D eigenvalue weighted by molar-refractivity contribution is -0.274. The van der Waals surface area contributed by atoms with E-state index in [0.29, 0.717) is 18.4 Å². The molecular weight excluding hydrogens is 261 g/mol. The molecule has 0 amide bonds. The standard InChI is InChI=1S/C13H15F3O3/c1-9(12(17)18-2)6-7-10-4-3-5-11(8-10)19-13(14,15)16/h3-5,8-9H,6-7H2,1-2H3. The highest BCUT2D eigenvalue weighted by Crippen LogP contribution is 2.24. The van der Waals surface area contributed by atoms with Crippen LogP contribution < -0.4 is 4.74 Å². The van der Waals surface area contributed by atoms with Crippen molar-refractivity contribution in [3.8, 4) is 5.75 Å². The summed E-state index contributed by atoms with van der Waals surface area (Å²) in [6, 6.07) is 5.73. The summed E-state index contributed by atoms with van der Waals surface area (Å²) in [7, 11) is 1.30. The van der Waals surface area contributed by atoms with Gasteiger partial charge in [0.05, 0.1) is 13.0 Å². The number of halogens is 3. The quantitative estimate of drug-likeness (QED) is 0.774. The number of aryl methyl sites for hydroxylation is 1. The van der Waals surface area contributed by atoms with Crippen LogP contribution >= 0.6 is 0 Å². The second kappa shape index (κ2) is 6.45. The molecule has 1 aromatic rings. The number of alkyl halides is 3. The van der Waals surface area contributed by atoms with E-state index in [9.17, 15) is 18.0 Å². The van der Waals surface area contributed by atoms with E-state index in [2.05, 4.69) is 9.47 Å². The first-order valence-corrected chi connectivity index (χ1v) is 5.74. The molecule has 19 heavy (non-hydrogen) atoms. The normalized spacial score (nSPS) is 12.9. The average molecular weight is 276 g/mol. The maximum absolute atomic E-state index is 12.1. The van der Waals surface area contributed by atoms with Crippen molar-refractivity contribution < 1.29 is 27.4 Å². The van der Waals surface area contributed by atoms with Crippen LogP contribution in [0.1, 0.15) is 18.9 Å². The van der Waals surface area contributed by atoms with Crippen LogP contribution in [0, 0.1) is 5.92 Å². The van der Waals surface area contributed by atoms with Crippen LogP contribution in [0.3, 0.4) is 0 Å². The van der Waals surface area contributed by atoms with Gasteiger partial charge in [0.2, 0.25) is 0 Å². The van der Waals surface area contributed by atoms with Crippen molar-refractivity contribution in [3.05, 3.63) is 29.8 Å². The Balaban J connectivity index is 2.60. The molecule has 1 unspecified atom stereocenters. The molecule has 0 aliphatic rings. The summed E-state index contributed by atoms with van der Waals surface area (Å²) in [5, 5.41) is 0. The van der Waals surface area contributed by atoms with Gasteiger partial charge in [-0.3, -0.25) is 4.79 Å². The Hall–Kier alpha value is -1.72. The van der Waals surface area contributed by atoms with Crippen molar-refractivity contribution in [3.63, 3.8) is 0 Å². The van der Waals surface area contributed by atoms with Gasteiger partial charge in [0.1, 0.15) is 5.75 Å². The predicted molar refractivity (Wildman–Crippen MR) is 62.6 cm³/mol. The SMILES string of the molecule is COC(=O)C(C)CCc1cccc(OC(F)(F)F)c1. The monoisotopic (exact) mass is 276 g/mol. The maximum Gasteiger partial charge on any atom is 0.573 e.